The summed E-state index contributed by atoms with van der Waals surface area (Å²) in [7, 11) is 0. The van der Waals surface area contributed by atoms with Crippen molar-refractivity contribution in [3.63, 3.8) is 0 Å². The van der Waals surface area contributed by atoms with E-state index < -0.39 is 0 Å². The summed E-state index contributed by atoms with van der Waals surface area (Å²) in [6.45, 7) is 4.21. The van der Waals surface area contributed by atoms with Gasteiger partial charge in [-0.05, 0) is 31.4 Å². The van der Waals surface area contributed by atoms with Crippen molar-refractivity contribution in [3.05, 3.63) is 28.8 Å². The number of halogens is 1. The zero-order chi connectivity index (χ0) is 13.5. The Labute approximate surface area is 112 Å². The number of urea groups is 1. The molecule has 0 spiro atoms. The number of benzene rings is 1. The van der Waals surface area contributed by atoms with E-state index in [2.05, 4.69) is 10.6 Å². The molecule has 0 unspecified atom stereocenters. The van der Waals surface area contributed by atoms with Gasteiger partial charge in [-0.25, -0.2) is 4.79 Å². The van der Waals surface area contributed by atoms with E-state index in [-0.39, 0.29) is 12.1 Å². The Hall–Kier alpha value is -1.26. The van der Waals surface area contributed by atoms with Crippen LogP contribution in [0.25, 0.3) is 0 Å². The summed E-state index contributed by atoms with van der Waals surface area (Å²) in [4.78, 5) is 11.6. The first-order chi connectivity index (χ1) is 8.54. The standard InChI is InChI=1S/C13H19ClN2O2/c1-3-10(17)7-8-15-13(18)16-12-9(2)5-4-6-11(12)14/h4-6,10,17H,3,7-8H2,1-2H3,(H2,15,16,18)/t10-/m0/s1. The number of para-hydroxylation sites is 1. The van der Waals surface area contributed by atoms with Crippen molar-refractivity contribution < 1.29 is 9.90 Å². The Morgan fingerprint density at radius 1 is 1.50 bits per heavy atom. The van der Waals surface area contributed by atoms with Crippen molar-refractivity contribution in [2.75, 3.05) is 11.9 Å². The van der Waals surface area contributed by atoms with Gasteiger partial charge in [0.2, 0.25) is 0 Å². The molecule has 0 radical (unpaired) electrons. The van der Waals surface area contributed by atoms with Gasteiger partial charge in [0.05, 0.1) is 16.8 Å². The lowest BCUT2D eigenvalue weighted by Gasteiger charge is -2.12. The van der Waals surface area contributed by atoms with Crippen LogP contribution in [0.2, 0.25) is 5.02 Å². The molecule has 18 heavy (non-hydrogen) atoms. The van der Waals surface area contributed by atoms with Crippen LogP contribution in [0.4, 0.5) is 10.5 Å². The number of carbonyl (C=O) groups is 1. The molecule has 0 aliphatic carbocycles. The molecule has 1 aromatic rings. The van der Waals surface area contributed by atoms with E-state index in [0.29, 0.717) is 30.1 Å². The molecule has 0 saturated carbocycles. The number of aliphatic hydroxyl groups is 1. The first kappa shape index (κ1) is 14.8. The quantitative estimate of drug-likeness (QED) is 0.770. The van der Waals surface area contributed by atoms with E-state index in [1.807, 2.05) is 26.0 Å². The number of carbonyl (C=O) groups excluding carboxylic acids is 1. The molecule has 0 fully saturated rings. The van der Waals surface area contributed by atoms with E-state index >= 15 is 0 Å². The maximum atomic E-state index is 11.6. The second kappa shape index (κ2) is 7.24. The van der Waals surface area contributed by atoms with Crippen LogP contribution in [-0.4, -0.2) is 23.8 Å². The van der Waals surface area contributed by atoms with Gasteiger partial charge in [-0.15, -0.1) is 0 Å². The second-order valence-corrected chi connectivity index (χ2v) is 4.57. The SMILES string of the molecule is CC[C@H](O)CCNC(=O)Nc1c(C)cccc1Cl. The minimum Gasteiger partial charge on any atom is -0.393 e. The highest BCUT2D eigenvalue weighted by molar-refractivity contribution is 6.33. The maximum absolute atomic E-state index is 11.6. The predicted molar refractivity (Wildman–Crippen MR) is 74.1 cm³/mol. The van der Waals surface area contributed by atoms with Crippen molar-refractivity contribution in [2.24, 2.45) is 0 Å². The molecule has 4 nitrogen and oxygen atoms in total. The largest absolute Gasteiger partial charge is 0.393 e. The van der Waals surface area contributed by atoms with Crippen molar-refractivity contribution in [3.8, 4) is 0 Å². The Balaban J connectivity index is 2.45. The highest BCUT2D eigenvalue weighted by atomic mass is 35.5. The zero-order valence-electron chi connectivity index (χ0n) is 10.7. The van der Waals surface area contributed by atoms with Crippen LogP contribution in [0.5, 0.6) is 0 Å². The number of hydrogen-bond donors (Lipinski definition) is 3. The minimum absolute atomic E-state index is 0.311. The van der Waals surface area contributed by atoms with Crippen LogP contribution in [0.1, 0.15) is 25.3 Å². The lowest BCUT2D eigenvalue weighted by molar-refractivity contribution is 0.160. The van der Waals surface area contributed by atoms with Crippen LogP contribution in [0.15, 0.2) is 18.2 Å². The van der Waals surface area contributed by atoms with Crippen molar-refractivity contribution in [1.82, 2.24) is 5.32 Å². The summed E-state index contributed by atoms with van der Waals surface area (Å²) in [6.07, 6.45) is 0.866. The lowest BCUT2D eigenvalue weighted by atomic mass is 10.2. The molecule has 0 aliphatic rings. The number of rotatable bonds is 5. The van der Waals surface area contributed by atoms with Crippen LogP contribution >= 0.6 is 11.6 Å². The molecule has 5 heteroatoms. The van der Waals surface area contributed by atoms with E-state index in [1.165, 1.54) is 0 Å². The van der Waals surface area contributed by atoms with Crippen LogP contribution in [-0.2, 0) is 0 Å². The highest BCUT2D eigenvalue weighted by Gasteiger charge is 2.08. The smallest absolute Gasteiger partial charge is 0.319 e. The van der Waals surface area contributed by atoms with E-state index in [0.717, 1.165) is 5.56 Å². The van der Waals surface area contributed by atoms with Gasteiger partial charge < -0.3 is 15.7 Å². The monoisotopic (exact) mass is 270 g/mol. The summed E-state index contributed by atoms with van der Waals surface area (Å²) in [5.41, 5.74) is 1.53. The summed E-state index contributed by atoms with van der Waals surface area (Å²) in [6, 6.07) is 5.13. The van der Waals surface area contributed by atoms with E-state index in [4.69, 9.17) is 11.6 Å². The van der Waals surface area contributed by atoms with Gasteiger partial charge in [0.15, 0.2) is 0 Å². The van der Waals surface area contributed by atoms with Crippen LogP contribution in [0.3, 0.4) is 0 Å². The van der Waals surface area contributed by atoms with Gasteiger partial charge in [-0.3, -0.25) is 0 Å². The summed E-state index contributed by atoms with van der Waals surface area (Å²) in [5.74, 6) is 0. The Kier molecular flexibility index (Phi) is 5.95. The normalized spacial score (nSPS) is 12.0. The third kappa shape index (κ3) is 4.55. The molecule has 100 valence electrons. The lowest BCUT2D eigenvalue weighted by Crippen LogP contribution is -2.31. The van der Waals surface area contributed by atoms with Gasteiger partial charge in [0.1, 0.15) is 0 Å². The molecule has 1 atom stereocenters. The first-order valence-corrected chi connectivity index (χ1v) is 6.40. The predicted octanol–water partition coefficient (Wildman–Crippen LogP) is 2.93. The number of aryl methyl sites for hydroxylation is 1. The summed E-state index contributed by atoms with van der Waals surface area (Å²) in [5, 5.41) is 15.3. The van der Waals surface area contributed by atoms with Gasteiger partial charge in [-0.1, -0.05) is 30.7 Å². The molecule has 1 rings (SSSR count). The first-order valence-electron chi connectivity index (χ1n) is 6.02. The van der Waals surface area contributed by atoms with Gasteiger partial charge in [0.25, 0.3) is 0 Å². The fourth-order valence-corrected chi connectivity index (χ4v) is 1.77. The molecule has 0 bridgehead atoms. The summed E-state index contributed by atoms with van der Waals surface area (Å²) < 4.78 is 0. The second-order valence-electron chi connectivity index (χ2n) is 4.16. The fraction of sp³-hybridized carbons (Fsp3) is 0.462. The molecule has 0 heterocycles. The molecule has 3 N–H and O–H groups in total. The zero-order valence-corrected chi connectivity index (χ0v) is 11.4. The van der Waals surface area contributed by atoms with E-state index in [9.17, 15) is 9.90 Å². The fourth-order valence-electron chi connectivity index (χ4n) is 1.50. The number of anilines is 1. The third-order valence-corrected chi connectivity index (χ3v) is 3.01. The topological polar surface area (TPSA) is 61.4 Å². The Morgan fingerprint density at radius 3 is 2.83 bits per heavy atom. The number of nitrogens with one attached hydrogen (secondary N) is 2. The van der Waals surface area contributed by atoms with Crippen molar-refractivity contribution in [1.29, 1.82) is 0 Å². The van der Waals surface area contributed by atoms with Crippen LogP contribution in [0, 0.1) is 6.92 Å². The van der Waals surface area contributed by atoms with Crippen LogP contribution < -0.4 is 10.6 Å². The summed E-state index contributed by atoms with van der Waals surface area (Å²) >= 11 is 6.00. The van der Waals surface area contributed by atoms with Gasteiger partial charge in [0, 0.05) is 6.54 Å². The maximum Gasteiger partial charge on any atom is 0.319 e. The molecule has 1 aromatic carbocycles. The highest BCUT2D eigenvalue weighted by Crippen LogP contribution is 2.24. The number of aliphatic hydroxyl groups excluding tert-OH is 1. The average Bonchev–Trinajstić information content (AvgIpc) is 2.34. The number of hydrogen-bond acceptors (Lipinski definition) is 2. The molecule has 0 saturated heterocycles. The Bertz CT molecular complexity index is 390. The number of amides is 2. The van der Waals surface area contributed by atoms with E-state index in [1.54, 1.807) is 6.07 Å². The molecule has 0 aliphatic heterocycles. The van der Waals surface area contributed by atoms with Crippen molar-refractivity contribution in [2.45, 2.75) is 32.8 Å². The minimum atomic E-state index is -0.368. The molecule has 2 amide bonds. The molecular formula is C13H19ClN2O2. The third-order valence-electron chi connectivity index (χ3n) is 2.69. The van der Waals surface area contributed by atoms with Gasteiger partial charge in [-0.2, -0.15) is 0 Å². The van der Waals surface area contributed by atoms with Crippen molar-refractivity contribution >= 4 is 23.3 Å². The average molecular weight is 271 g/mol. The van der Waals surface area contributed by atoms with Gasteiger partial charge >= 0.3 is 6.03 Å². The molecular weight excluding hydrogens is 252 g/mol. The molecule has 0 aromatic heterocycles. The Morgan fingerprint density at radius 2 is 2.22 bits per heavy atom.